The number of nitrogens with one attached hydrogen (secondary N) is 1. The van der Waals surface area contributed by atoms with Gasteiger partial charge in [0.05, 0.1) is 18.1 Å². The molecule has 1 rings (SSSR count). The van der Waals surface area contributed by atoms with Gasteiger partial charge in [0, 0.05) is 31.3 Å². The minimum atomic E-state index is -1.01. The molecule has 1 amide bonds. The Morgan fingerprint density at radius 3 is 2.15 bits per heavy atom. The van der Waals surface area contributed by atoms with Crippen molar-refractivity contribution >= 4 is 17.5 Å². The lowest BCUT2D eigenvalue weighted by Gasteiger charge is -2.28. The van der Waals surface area contributed by atoms with Crippen molar-refractivity contribution in [2.45, 2.75) is 83.9 Å². The topological polar surface area (TPSA) is 136 Å². The fraction of sp³-hybridized carbons (Fsp3) is 0.850. The van der Waals surface area contributed by atoms with E-state index in [9.17, 15) is 19.5 Å². The highest BCUT2D eigenvalue weighted by Gasteiger charge is 2.31. The summed E-state index contributed by atoms with van der Waals surface area (Å²) in [5.41, 5.74) is 11.8. The van der Waals surface area contributed by atoms with Crippen molar-refractivity contribution in [2.24, 2.45) is 29.2 Å². The van der Waals surface area contributed by atoms with E-state index in [1.165, 1.54) is 13.3 Å². The van der Waals surface area contributed by atoms with E-state index in [1.807, 2.05) is 0 Å². The smallest absolute Gasteiger partial charge is 0.226 e. The predicted octanol–water partition coefficient (Wildman–Crippen LogP) is 0.909. The van der Waals surface area contributed by atoms with Crippen LogP contribution in [0.25, 0.3) is 0 Å². The van der Waals surface area contributed by atoms with Crippen LogP contribution in [0, 0.1) is 17.8 Å². The van der Waals surface area contributed by atoms with Gasteiger partial charge >= 0.3 is 0 Å². The lowest BCUT2D eigenvalue weighted by atomic mass is 9.81. The molecule has 27 heavy (non-hydrogen) atoms. The van der Waals surface area contributed by atoms with E-state index in [4.69, 9.17) is 11.5 Å². The number of nitrogens with two attached hydrogens (primary N) is 2. The molecule has 156 valence electrons. The third-order valence-corrected chi connectivity index (χ3v) is 5.55. The van der Waals surface area contributed by atoms with Crippen molar-refractivity contribution in [3.8, 4) is 0 Å². The van der Waals surface area contributed by atoms with Gasteiger partial charge in [-0.2, -0.15) is 0 Å². The number of carbonyl (C=O) groups excluding carboxylic acids is 3. The summed E-state index contributed by atoms with van der Waals surface area (Å²) < 4.78 is 0. The maximum absolute atomic E-state index is 12.5. The highest BCUT2D eigenvalue weighted by Crippen LogP contribution is 2.27. The molecular weight excluding hydrogens is 346 g/mol. The van der Waals surface area contributed by atoms with Gasteiger partial charge in [0.2, 0.25) is 5.91 Å². The largest absolute Gasteiger partial charge is 0.393 e. The van der Waals surface area contributed by atoms with Crippen molar-refractivity contribution in [3.05, 3.63) is 0 Å². The summed E-state index contributed by atoms with van der Waals surface area (Å²) in [5, 5.41) is 12.6. The average Bonchev–Trinajstić information content (AvgIpc) is 2.63. The number of amides is 1. The van der Waals surface area contributed by atoms with Gasteiger partial charge in [-0.3, -0.25) is 14.4 Å². The van der Waals surface area contributed by atoms with E-state index >= 15 is 0 Å². The zero-order chi connectivity index (χ0) is 20.6. The van der Waals surface area contributed by atoms with Gasteiger partial charge < -0.3 is 21.9 Å². The van der Waals surface area contributed by atoms with E-state index in [1.54, 1.807) is 13.8 Å². The summed E-state index contributed by atoms with van der Waals surface area (Å²) in [4.78, 5) is 37.1. The summed E-state index contributed by atoms with van der Waals surface area (Å²) in [5.74, 6) is -1.64. The first-order valence-electron chi connectivity index (χ1n) is 10.2. The van der Waals surface area contributed by atoms with Crippen LogP contribution in [0.4, 0.5) is 0 Å². The standard InChI is InChI=1S/C20H37N3O4/c1-12(2)19(26)18(11-21)23-20(27)16(13(3)24)9-15(25)10-17(22)14-7-5-4-6-8-14/h12-14,16-18,24H,4-11,21-22H2,1-3H3,(H,23,27)/t13?,16-,17?,18-/m0/s1. The minimum absolute atomic E-state index is 0.0181. The van der Waals surface area contributed by atoms with Crippen LogP contribution in [-0.4, -0.2) is 47.3 Å². The third kappa shape index (κ3) is 7.68. The van der Waals surface area contributed by atoms with Crippen molar-refractivity contribution in [2.75, 3.05) is 6.54 Å². The van der Waals surface area contributed by atoms with Crippen LogP contribution < -0.4 is 16.8 Å². The molecule has 0 radical (unpaired) electrons. The normalized spacial score (nSPS) is 20.0. The summed E-state index contributed by atoms with van der Waals surface area (Å²) in [6.07, 6.45) is 4.73. The Morgan fingerprint density at radius 1 is 1.07 bits per heavy atom. The number of hydrogen-bond donors (Lipinski definition) is 4. The second-order valence-electron chi connectivity index (χ2n) is 8.21. The molecule has 0 aromatic carbocycles. The van der Waals surface area contributed by atoms with Gasteiger partial charge in [-0.25, -0.2) is 0 Å². The van der Waals surface area contributed by atoms with Crippen LogP contribution in [0.3, 0.4) is 0 Å². The predicted molar refractivity (Wildman–Crippen MR) is 105 cm³/mol. The van der Waals surface area contributed by atoms with E-state index in [0.717, 1.165) is 25.7 Å². The molecule has 4 atom stereocenters. The highest BCUT2D eigenvalue weighted by molar-refractivity contribution is 5.93. The molecule has 0 spiro atoms. The second-order valence-corrected chi connectivity index (χ2v) is 8.21. The Hall–Kier alpha value is -1.31. The minimum Gasteiger partial charge on any atom is -0.393 e. The molecule has 1 aliphatic rings. The van der Waals surface area contributed by atoms with Crippen molar-refractivity contribution in [1.29, 1.82) is 0 Å². The monoisotopic (exact) mass is 383 g/mol. The molecule has 0 aliphatic heterocycles. The number of aliphatic hydroxyl groups is 1. The molecule has 0 bridgehead atoms. The number of aliphatic hydroxyl groups excluding tert-OH is 1. The van der Waals surface area contributed by atoms with Crippen LogP contribution in [0.1, 0.15) is 65.7 Å². The molecule has 1 aliphatic carbocycles. The van der Waals surface area contributed by atoms with Crippen molar-refractivity contribution < 1.29 is 19.5 Å². The Bertz CT molecular complexity index is 501. The van der Waals surface area contributed by atoms with Crippen LogP contribution in [0.15, 0.2) is 0 Å². The fourth-order valence-electron chi connectivity index (χ4n) is 3.73. The van der Waals surface area contributed by atoms with Crippen molar-refractivity contribution in [3.63, 3.8) is 0 Å². The Morgan fingerprint density at radius 2 is 1.67 bits per heavy atom. The maximum atomic E-state index is 12.5. The quantitative estimate of drug-likeness (QED) is 0.419. The summed E-state index contributed by atoms with van der Waals surface area (Å²) in [7, 11) is 0. The van der Waals surface area contributed by atoms with E-state index in [0.29, 0.717) is 5.92 Å². The molecule has 7 heteroatoms. The molecule has 0 saturated heterocycles. The molecule has 0 aromatic heterocycles. The Labute approximate surface area is 162 Å². The first-order valence-corrected chi connectivity index (χ1v) is 10.2. The van der Waals surface area contributed by atoms with Gasteiger partial charge in [-0.1, -0.05) is 33.1 Å². The fourth-order valence-corrected chi connectivity index (χ4v) is 3.73. The number of Topliss-reactive ketones (excluding diaryl/α,β-unsaturated/α-hetero) is 2. The number of carbonyl (C=O) groups is 3. The first-order chi connectivity index (χ1) is 12.7. The second kappa shape index (κ2) is 11.5. The van der Waals surface area contributed by atoms with E-state index < -0.39 is 24.0 Å². The van der Waals surface area contributed by atoms with Gasteiger partial charge in [-0.05, 0) is 25.7 Å². The van der Waals surface area contributed by atoms with Crippen LogP contribution in [-0.2, 0) is 14.4 Å². The molecule has 0 heterocycles. The SMILES string of the molecule is CC(C)C(=O)[C@H](CN)NC(=O)[C@@H](CC(=O)CC(N)C1CCCCC1)C(C)O. The molecular formula is C20H37N3O4. The zero-order valence-corrected chi connectivity index (χ0v) is 16.9. The van der Waals surface area contributed by atoms with Gasteiger partial charge in [0.25, 0.3) is 0 Å². The molecule has 0 aromatic rings. The lowest BCUT2D eigenvalue weighted by Crippen LogP contribution is -2.51. The number of ketones is 2. The zero-order valence-electron chi connectivity index (χ0n) is 16.9. The third-order valence-electron chi connectivity index (χ3n) is 5.55. The Kier molecular flexibility index (Phi) is 10.1. The van der Waals surface area contributed by atoms with Gasteiger partial charge in [0.1, 0.15) is 5.78 Å². The van der Waals surface area contributed by atoms with E-state index in [2.05, 4.69) is 5.32 Å². The van der Waals surface area contributed by atoms with Crippen LogP contribution in [0.5, 0.6) is 0 Å². The summed E-state index contributed by atoms with van der Waals surface area (Å²) in [6.45, 7) is 4.93. The maximum Gasteiger partial charge on any atom is 0.226 e. The highest BCUT2D eigenvalue weighted by atomic mass is 16.3. The summed E-state index contributed by atoms with van der Waals surface area (Å²) >= 11 is 0. The molecule has 2 unspecified atom stereocenters. The molecule has 6 N–H and O–H groups in total. The van der Waals surface area contributed by atoms with Gasteiger partial charge in [0.15, 0.2) is 5.78 Å². The molecule has 1 saturated carbocycles. The molecule has 7 nitrogen and oxygen atoms in total. The molecule has 1 fully saturated rings. The van der Waals surface area contributed by atoms with E-state index in [-0.39, 0.29) is 42.9 Å². The lowest BCUT2D eigenvalue weighted by molar-refractivity contribution is -0.136. The first kappa shape index (κ1) is 23.7. The average molecular weight is 384 g/mol. The Balaban J connectivity index is 2.64. The number of rotatable bonds is 11. The number of hydrogen-bond acceptors (Lipinski definition) is 6. The van der Waals surface area contributed by atoms with Crippen molar-refractivity contribution in [1.82, 2.24) is 5.32 Å². The summed E-state index contributed by atoms with van der Waals surface area (Å²) in [6, 6.07) is -1.01. The van der Waals surface area contributed by atoms with Crippen LogP contribution in [0.2, 0.25) is 0 Å². The van der Waals surface area contributed by atoms with Crippen LogP contribution >= 0.6 is 0 Å². The van der Waals surface area contributed by atoms with Gasteiger partial charge in [-0.15, -0.1) is 0 Å².